The molecular formula is C14H13N3O3. The summed E-state index contributed by atoms with van der Waals surface area (Å²) in [5, 5.41) is 8.97. The van der Waals surface area contributed by atoms with Crippen LogP contribution in [0.2, 0.25) is 0 Å². The van der Waals surface area contributed by atoms with Crippen LogP contribution in [-0.4, -0.2) is 38.0 Å². The number of nitrogens with zero attached hydrogens (tertiary/aromatic N) is 3. The highest BCUT2D eigenvalue weighted by atomic mass is 16.4. The molecule has 0 atom stereocenters. The van der Waals surface area contributed by atoms with E-state index in [1.54, 1.807) is 15.7 Å². The largest absolute Gasteiger partial charge is 0.478 e. The molecular weight excluding hydrogens is 258 g/mol. The van der Waals surface area contributed by atoms with E-state index in [0.717, 1.165) is 5.69 Å². The molecule has 0 aliphatic carbocycles. The van der Waals surface area contributed by atoms with Crippen molar-refractivity contribution < 1.29 is 14.7 Å². The van der Waals surface area contributed by atoms with Crippen molar-refractivity contribution in [1.29, 1.82) is 0 Å². The second kappa shape index (κ2) is 4.80. The standard InChI is InChI=1S/C14H13N3O3/c18-13-12-7-10(14(19)20)8-16(12)5-6-17(13)9-11-3-1-2-4-15-11/h1-4,7-8H,5-6,9H2,(H,19,20). The van der Waals surface area contributed by atoms with Crippen molar-refractivity contribution in [2.24, 2.45) is 0 Å². The molecule has 6 nitrogen and oxygen atoms in total. The normalized spacial score (nSPS) is 14.2. The third-order valence-corrected chi connectivity index (χ3v) is 3.34. The van der Waals surface area contributed by atoms with Crippen LogP contribution in [0.1, 0.15) is 26.5 Å². The van der Waals surface area contributed by atoms with Crippen LogP contribution in [0.4, 0.5) is 0 Å². The maximum atomic E-state index is 12.3. The fourth-order valence-corrected chi connectivity index (χ4v) is 2.32. The van der Waals surface area contributed by atoms with Crippen LogP contribution in [-0.2, 0) is 13.1 Å². The molecule has 1 N–H and O–H groups in total. The first-order valence-corrected chi connectivity index (χ1v) is 6.28. The average Bonchev–Trinajstić information content (AvgIpc) is 2.88. The summed E-state index contributed by atoms with van der Waals surface area (Å²) in [5.41, 5.74) is 1.39. The summed E-state index contributed by atoms with van der Waals surface area (Å²) in [6, 6.07) is 6.99. The predicted molar refractivity (Wildman–Crippen MR) is 70.4 cm³/mol. The van der Waals surface area contributed by atoms with Crippen molar-refractivity contribution in [2.45, 2.75) is 13.1 Å². The van der Waals surface area contributed by atoms with Crippen molar-refractivity contribution in [2.75, 3.05) is 6.54 Å². The number of rotatable bonds is 3. The van der Waals surface area contributed by atoms with E-state index in [1.807, 2.05) is 18.2 Å². The minimum Gasteiger partial charge on any atom is -0.478 e. The fourth-order valence-electron chi connectivity index (χ4n) is 2.32. The SMILES string of the molecule is O=C(O)c1cc2n(c1)CCN(Cc1ccccn1)C2=O. The van der Waals surface area contributed by atoms with Gasteiger partial charge in [-0.1, -0.05) is 6.07 Å². The van der Waals surface area contributed by atoms with Crippen molar-refractivity contribution in [3.63, 3.8) is 0 Å². The Morgan fingerprint density at radius 1 is 1.35 bits per heavy atom. The second-order valence-electron chi connectivity index (χ2n) is 4.66. The van der Waals surface area contributed by atoms with Gasteiger partial charge in [0.25, 0.3) is 5.91 Å². The number of pyridine rings is 1. The van der Waals surface area contributed by atoms with Gasteiger partial charge in [-0.25, -0.2) is 4.79 Å². The first-order chi connectivity index (χ1) is 9.65. The number of carboxylic acid groups (broad SMARTS) is 1. The van der Waals surface area contributed by atoms with Crippen LogP contribution >= 0.6 is 0 Å². The summed E-state index contributed by atoms with van der Waals surface area (Å²) < 4.78 is 1.70. The van der Waals surface area contributed by atoms with Crippen LogP contribution in [0, 0.1) is 0 Å². The van der Waals surface area contributed by atoms with Crippen LogP contribution in [0.5, 0.6) is 0 Å². The molecule has 0 fully saturated rings. The van der Waals surface area contributed by atoms with Gasteiger partial charge >= 0.3 is 5.97 Å². The highest BCUT2D eigenvalue weighted by Crippen LogP contribution is 2.18. The molecule has 6 heteroatoms. The van der Waals surface area contributed by atoms with E-state index in [0.29, 0.717) is 25.3 Å². The number of aromatic nitrogens is 2. The quantitative estimate of drug-likeness (QED) is 0.911. The summed E-state index contributed by atoms with van der Waals surface area (Å²) in [6.45, 7) is 1.59. The Labute approximate surface area is 115 Å². The fraction of sp³-hybridized carbons (Fsp3) is 0.214. The van der Waals surface area contributed by atoms with Crippen LogP contribution < -0.4 is 0 Å². The van der Waals surface area contributed by atoms with Gasteiger partial charge in [0.2, 0.25) is 0 Å². The van der Waals surface area contributed by atoms with E-state index in [-0.39, 0.29) is 11.5 Å². The average molecular weight is 271 g/mol. The Balaban J connectivity index is 1.84. The molecule has 0 bridgehead atoms. The molecule has 2 aromatic rings. The molecule has 0 radical (unpaired) electrons. The number of amides is 1. The van der Waals surface area contributed by atoms with Gasteiger partial charge in [0, 0.05) is 25.5 Å². The summed E-state index contributed by atoms with van der Waals surface area (Å²) in [7, 11) is 0. The third-order valence-electron chi connectivity index (χ3n) is 3.34. The number of carbonyl (C=O) groups excluding carboxylic acids is 1. The van der Waals surface area contributed by atoms with E-state index in [2.05, 4.69) is 4.98 Å². The lowest BCUT2D eigenvalue weighted by Gasteiger charge is -2.27. The maximum absolute atomic E-state index is 12.3. The minimum atomic E-state index is -1.02. The molecule has 20 heavy (non-hydrogen) atoms. The van der Waals surface area contributed by atoms with Crippen LogP contribution in [0.3, 0.4) is 0 Å². The van der Waals surface area contributed by atoms with Gasteiger partial charge in [-0.05, 0) is 18.2 Å². The molecule has 3 heterocycles. The second-order valence-corrected chi connectivity index (χ2v) is 4.66. The van der Waals surface area contributed by atoms with Crippen molar-refractivity contribution >= 4 is 11.9 Å². The minimum absolute atomic E-state index is 0.146. The van der Waals surface area contributed by atoms with E-state index in [4.69, 9.17) is 5.11 Å². The maximum Gasteiger partial charge on any atom is 0.337 e. The van der Waals surface area contributed by atoms with E-state index in [1.165, 1.54) is 12.3 Å². The van der Waals surface area contributed by atoms with E-state index in [9.17, 15) is 9.59 Å². The molecule has 0 saturated heterocycles. The Morgan fingerprint density at radius 3 is 2.90 bits per heavy atom. The van der Waals surface area contributed by atoms with Gasteiger partial charge < -0.3 is 14.6 Å². The summed E-state index contributed by atoms with van der Waals surface area (Å²) in [4.78, 5) is 29.2. The summed E-state index contributed by atoms with van der Waals surface area (Å²) >= 11 is 0. The predicted octanol–water partition coefficient (Wildman–Crippen LogP) is 1.24. The Bertz CT molecular complexity index is 664. The lowest BCUT2D eigenvalue weighted by molar-refractivity contribution is 0.0683. The molecule has 1 amide bonds. The Hall–Kier alpha value is -2.63. The van der Waals surface area contributed by atoms with Crippen LogP contribution in [0.25, 0.3) is 0 Å². The van der Waals surface area contributed by atoms with E-state index >= 15 is 0 Å². The number of carbonyl (C=O) groups is 2. The number of aromatic carboxylic acids is 1. The molecule has 0 spiro atoms. The first kappa shape index (κ1) is 12.4. The van der Waals surface area contributed by atoms with E-state index < -0.39 is 5.97 Å². The highest BCUT2D eigenvalue weighted by molar-refractivity contribution is 5.97. The zero-order chi connectivity index (χ0) is 14.1. The monoisotopic (exact) mass is 271 g/mol. The summed E-state index contributed by atoms with van der Waals surface area (Å²) in [6.07, 6.45) is 3.20. The zero-order valence-corrected chi connectivity index (χ0v) is 10.7. The van der Waals surface area contributed by atoms with Gasteiger partial charge in [0.15, 0.2) is 0 Å². The lowest BCUT2D eigenvalue weighted by Crippen LogP contribution is -2.39. The number of carboxylic acids is 1. The van der Waals surface area contributed by atoms with Gasteiger partial charge in [0.05, 0.1) is 17.8 Å². The Morgan fingerprint density at radius 2 is 2.20 bits per heavy atom. The first-order valence-electron chi connectivity index (χ1n) is 6.28. The van der Waals surface area contributed by atoms with Crippen molar-refractivity contribution in [1.82, 2.24) is 14.5 Å². The molecule has 1 aliphatic heterocycles. The number of fused-ring (bicyclic) bond motifs is 1. The van der Waals surface area contributed by atoms with Crippen molar-refractivity contribution in [3.8, 4) is 0 Å². The molecule has 1 aliphatic rings. The topological polar surface area (TPSA) is 75.4 Å². The number of hydrogen-bond acceptors (Lipinski definition) is 3. The van der Waals surface area contributed by atoms with Crippen molar-refractivity contribution in [3.05, 3.63) is 53.6 Å². The van der Waals surface area contributed by atoms with Gasteiger partial charge in [-0.15, -0.1) is 0 Å². The van der Waals surface area contributed by atoms with Gasteiger partial charge in [-0.2, -0.15) is 0 Å². The lowest BCUT2D eigenvalue weighted by atomic mass is 10.2. The molecule has 0 aromatic carbocycles. The zero-order valence-electron chi connectivity index (χ0n) is 10.7. The highest BCUT2D eigenvalue weighted by Gasteiger charge is 2.26. The molecule has 102 valence electrons. The molecule has 3 rings (SSSR count). The summed E-state index contributed by atoms with van der Waals surface area (Å²) in [5.74, 6) is -1.18. The van der Waals surface area contributed by atoms with Gasteiger partial charge in [0.1, 0.15) is 5.69 Å². The molecule has 0 saturated carbocycles. The molecule has 0 unspecified atom stereocenters. The van der Waals surface area contributed by atoms with Gasteiger partial charge in [-0.3, -0.25) is 9.78 Å². The molecule has 2 aromatic heterocycles. The smallest absolute Gasteiger partial charge is 0.337 e. The third kappa shape index (κ3) is 2.16. The van der Waals surface area contributed by atoms with Crippen LogP contribution in [0.15, 0.2) is 36.7 Å². The Kier molecular flexibility index (Phi) is 2.98. The number of hydrogen-bond donors (Lipinski definition) is 1.